The van der Waals surface area contributed by atoms with Crippen LogP contribution in [-0.4, -0.2) is 12.6 Å². The van der Waals surface area contributed by atoms with Crippen LogP contribution in [0, 0.1) is 5.92 Å². The Morgan fingerprint density at radius 3 is 2.50 bits per heavy atom. The number of para-hydroxylation sites is 2. The maximum atomic E-state index is 3.78. The highest BCUT2D eigenvalue weighted by Gasteiger charge is 2.49. The minimum absolute atomic E-state index is 0.626. The normalized spacial score (nSPS) is 32.4. The molecular weight excluding hydrogens is 244 g/mol. The molecule has 2 aromatic rings. The van der Waals surface area contributed by atoms with E-state index in [-0.39, 0.29) is 0 Å². The van der Waals surface area contributed by atoms with Gasteiger partial charge >= 0.3 is 0 Å². The second-order valence-corrected chi connectivity index (χ2v) is 6.34. The average Bonchev–Trinajstić information content (AvgIpc) is 2.82. The molecule has 2 heterocycles. The SMILES string of the molecule is c1ccc2c(c1)NC[C@@H]1[C@@H]2[C@H]2C[C@@H]1Nc1ccccc12. The van der Waals surface area contributed by atoms with Gasteiger partial charge in [-0.2, -0.15) is 0 Å². The van der Waals surface area contributed by atoms with Crippen molar-refractivity contribution < 1.29 is 0 Å². The van der Waals surface area contributed by atoms with Crippen LogP contribution >= 0.6 is 0 Å². The summed E-state index contributed by atoms with van der Waals surface area (Å²) in [5, 5.41) is 7.41. The summed E-state index contributed by atoms with van der Waals surface area (Å²) in [6, 6.07) is 18.4. The number of benzene rings is 2. The van der Waals surface area contributed by atoms with Gasteiger partial charge in [0.25, 0.3) is 0 Å². The molecule has 0 saturated heterocycles. The Morgan fingerprint density at radius 1 is 0.850 bits per heavy atom. The van der Waals surface area contributed by atoms with Crippen LogP contribution in [-0.2, 0) is 0 Å². The minimum atomic E-state index is 0.626. The van der Waals surface area contributed by atoms with Crippen molar-refractivity contribution in [3.05, 3.63) is 59.7 Å². The fourth-order valence-electron chi connectivity index (χ4n) is 4.67. The second-order valence-electron chi connectivity index (χ2n) is 6.34. The molecule has 1 aliphatic carbocycles. The van der Waals surface area contributed by atoms with E-state index in [0.717, 1.165) is 6.54 Å². The smallest absolute Gasteiger partial charge is 0.0378 e. The predicted octanol–water partition coefficient (Wildman–Crippen LogP) is 3.79. The van der Waals surface area contributed by atoms with Gasteiger partial charge in [-0.25, -0.2) is 0 Å². The van der Waals surface area contributed by atoms with Crippen LogP contribution in [0.25, 0.3) is 0 Å². The number of anilines is 2. The molecule has 2 heteroatoms. The van der Waals surface area contributed by atoms with E-state index in [0.29, 0.717) is 23.8 Å². The molecule has 1 fully saturated rings. The van der Waals surface area contributed by atoms with Crippen molar-refractivity contribution in [3.8, 4) is 0 Å². The third kappa shape index (κ3) is 1.29. The Bertz CT molecular complexity index is 679. The van der Waals surface area contributed by atoms with Gasteiger partial charge in [0.2, 0.25) is 0 Å². The van der Waals surface area contributed by atoms with Gasteiger partial charge in [0.15, 0.2) is 0 Å². The van der Waals surface area contributed by atoms with Crippen LogP contribution in [0.3, 0.4) is 0 Å². The molecule has 3 aliphatic rings. The Balaban J connectivity index is 1.69. The molecular formula is C18H18N2. The van der Waals surface area contributed by atoms with Gasteiger partial charge in [-0.1, -0.05) is 36.4 Å². The first kappa shape index (κ1) is 10.8. The summed E-state index contributed by atoms with van der Waals surface area (Å²) in [5.41, 5.74) is 5.75. The fraction of sp³-hybridized carbons (Fsp3) is 0.333. The standard InChI is InChI=1S/C18H18N2/c1-4-8-16-11(5-1)13-9-17(20-16)14-10-19-15-7-3-2-6-12(15)18(13)14/h1-8,13-14,17-20H,9-10H2/t13-,14-,17-,18-/m0/s1. The van der Waals surface area contributed by atoms with Crippen molar-refractivity contribution in [1.82, 2.24) is 0 Å². The molecule has 2 aliphatic heterocycles. The third-order valence-corrected chi connectivity index (χ3v) is 5.47. The molecule has 0 amide bonds. The lowest BCUT2D eigenvalue weighted by Gasteiger charge is -2.32. The molecule has 0 spiro atoms. The van der Waals surface area contributed by atoms with Crippen LogP contribution in [0.5, 0.6) is 0 Å². The van der Waals surface area contributed by atoms with Crippen molar-refractivity contribution in [3.63, 3.8) is 0 Å². The lowest BCUT2D eigenvalue weighted by molar-refractivity contribution is 0.459. The topological polar surface area (TPSA) is 24.1 Å². The van der Waals surface area contributed by atoms with Crippen LogP contribution in [0.4, 0.5) is 11.4 Å². The summed E-state index contributed by atoms with van der Waals surface area (Å²) in [7, 11) is 0. The van der Waals surface area contributed by atoms with Crippen LogP contribution in [0.2, 0.25) is 0 Å². The summed E-state index contributed by atoms with van der Waals surface area (Å²) in [5.74, 6) is 2.07. The zero-order chi connectivity index (χ0) is 13.1. The summed E-state index contributed by atoms with van der Waals surface area (Å²) >= 11 is 0. The highest BCUT2D eigenvalue weighted by atomic mass is 15.0. The second kappa shape index (κ2) is 3.78. The Labute approximate surface area is 119 Å². The number of nitrogens with one attached hydrogen (secondary N) is 2. The molecule has 5 rings (SSSR count). The highest BCUT2D eigenvalue weighted by Crippen LogP contribution is 2.57. The highest BCUT2D eigenvalue weighted by molar-refractivity contribution is 5.63. The summed E-state index contributed by atoms with van der Waals surface area (Å²) in [4.78, 5) is 0. The van der Waals surface area contributed by atoms with Crippen molar-refractivity contribution in [2.45, 2.75) is 24.3 Å². The molecule has 4 atom stereocenters. The number of hydrogen-bond donors (Lipinski definition) is 2. The first-order valence-electron chi connectivity index (χ1n) is 7.60. The quantitative estimate of drug-likeness (QED) is 0.754. The summed E-state index contributed by atoms with van der Waals surface area (Å²) in [6.07, 6.45) is 1.28. The van der Waals surface area contributed by atoms with Crippen molar-refractivity contribution in [2.75, 3.05) is 17.2 Å². The van der Waals surface area contributed by atoms with Gasteiger partial charge in [0.1, 0.15) is 0 Å². The van der Waals surface area contributed by atoms with Crippen molar-refractivity contribution in [2.24, 2.45) is 5.92 Å². The van der Waals surface area contributed by atoms with E-state index in [2.05, 4.69) is 59.2 Å². The van der Waals surface area contributed by atoms with E-state index in [1.807, 2.05) is 0 Å². The van der Waals surface area contributed by atoms with E-state index >= 15 is 0 Å². The van der Waals surface area contributed by atoms with Crippen LogP contribution in [0.1, 0.15) is 29.4 Å². The molecule has 0 aromatic heterocycles. The van der Waals surface area contributed by atoms with Gasteiger partial charge in [0, 0.05) is 29.9 Å². The van der Waals surface area contributed by atoms with Gasteiger partial charge in [-0.15, -0.1) is 0 Å². The predicted molar refractivity (Wildman–Crippen MR) is 82.4 cm³/mol. The van der Waals surface area contributed by atoms with Gasteiger partial charge in [-0.3, -0.25) is 0 Å². The fourth-order valence-corrected chi connectivity index (χ4v) is 4.67. The Kier molecular flexibility index (Phi) is 2.04. The van der Waals surface area contributed by atoms with Gasteiger partial charge in [-0.05, 0) is 41.5 Å². The molecule has 2 aromatic carbocycles. The van der Waals surface area contributed by atoms with E-state index in [9.17, 15) is 0 Å². The largest absolute Gasteiger partial charge is 0.384 e. The first-order valence-corrected chi connectivity index (χ1v) is 7.60. The molecule has 20 heavy (non-hydrogen) atoms. The molecule has 100 valence electrons. The Morgan fingerprint density at radius 2 is 1.60 bits per heavy atom. The molecule has 2 nitrogen and oxygen atoms in total. The summed E-state index contributed by atoms with van der Waals surface area (Å²) < 4.78 is 0. The van der Waals surface area contributed by atoms with E-state index in [1.165, 1.54) is 28.9 Å². The summed E-state index contributed by atoms with van der Waals surface area (Å²) in [6.45, 7) is 1.10. The van der Waals surface area contributed by atoms with E-state index in [1.54, 1.807) is 0 Å². The van der Waals surface area contributed by atoms with Crippen LogP contribution < -0.4 is 10.6 Å². The number of hydrogen-bond acceptors (Lipinski definition) is 2. The molecule has 1 saturated carbocycles. The van der Waals surface area contributed by atoms with Gasteiger partial charge in [0.05, 0.1) is 0 Å². The number of fused-ring (bicyclic) bond motifs is 9. The lowest BCUT2D eigenvalue weighted by Crippen LogP contribution is -2.34. The van der Waals surface area contributed by atoms with Gasteiger partial charge < -0.3 is 10.6 Å². The molecule has 2 bridgehead atoms. The van der Waals surface area contributed by atoms with E-state index in [4.69, 9.17) is 0 Å². The number of rotatable bonds is 0. The molecule has 2 N–H and O–H groups in total. The molecule has 0 radical (unpaired) electrons. The Hall–Kier alpha value is -1.96. The van der Waals surface area contributed by atoms with E-state index < -0.39 is 0 Å². The maximum absolute atomic E-state index is 3.78. The third-order valence-electron chi connectivity index (χ3n) is 5.47. The van der Waals surface area contributed by atoms with Crippen molar-refractivity contribution >= 4 is 11.4 Å². The maximum Gasteiger partial charge on any atom is 0.0378 e. The average molecular weight is 262 g/mol. The zero-order valence-corrected chi connectivity index (χ0v) is 11.3. The van der Waals surface area contributed by atoms with Crippen LogP contribution in [0.15, 0.2) is 48.5 Å². The zero-order valence-electron chi connectivity index (χ0n) is 11.3. The monoisotopic (exact) mass is 262 g/mol. The molecule has 0 unspecified atom stereocenters. The minimum Gasteiger partial charge on any atom is -0.384 e. The lowest BCUT2D eigenvalue weighted by atomic mass is 9.77. The first-order chi connectivity index (χ1) is 9.92. The van der Waals surface area contributed by atoms with Crippen molar-refractivity contribution in [1.29, 1.82) is 0 Å².